The van der Waals surface area contributed by atoms with Crippen molar-refractivity contribution < 1.29 is 14.7 Å². The highest BCUT2D eigenvalue weighted by atomic mass is 16.4. The number of carbonyl (C=O) groups is 2. The number of nitrogens with one attached hydrogen (secondary N) is 1. The standard InChI is InChI=1S/C12H13NO3/c1-3-7-4-8-6(2)11(14)13-10(8)9(5-7)12(15)16/h4-6H,3H2,1-2H3,(H,13,14)(H,15,16). The molecule has 1 aliphatic rings. The zero-order valence-corrected chi connectivity index (χ0v) is 9.20. The van der Waals surface area contributed by atoms with Crippen LogP contribution in [0, 0.1) is 0 Å². The number of carbonyl (C=O) groups excluding carboxylic acids is 1. The predicted molar refractivity (Wildman–Crippen MR) is 59.8 cm³/mol. The number of rotatable bonds is 2. The largest absolute Gasteiger partial charge is 0.478 e. The predicted octanol–water partition coefficient (Wildman–Crippen LogP) is 2.00. The number of benzene rings is 1. The topological polar surface area (TPSA) is 66.4 Å². The summed E-state index contributed by atoms with van der Waals surface area (Å²) in [6, 6.07) is 3.53. The van der Waals surface area contributed by atoms with Gasteiger partial charge in [-0.2, -0.15) is 0 Å². The van der Waals surface area contributed by atoms with E-state index >= 15 is 0 Å². The molecule has 0 aromatic heterocycles. The van der Waals surface area contributed by atoms with Crippen LogP contribution in [0.4, 0.5) is 5.69 Å². The zero-order valence-electron chi connectivity index (χ0n) is 9.20. The molecule has 4 heteroatoms. The summed E-state index contributed by atoms with van der Waals surface area (Å²) in [7, 11) is 0. The lowest BCUT2D eigenvalue weighted by Gasteiger charge is -2.08. The molecule has 0 radical (unpaired) electrons. The molecule has 0 fully saturated rings. The SMILES string of the molecule is CCc1cc(C(=O)O)c2c(c1)C(C)C(=O)N2. The van der Waals surface area contributed by atoms with Gasteiger partial charge in [-0.1, -0.05) is 13.0 Å². The maximum absolute atomic E-state index is 11.5. The molecular weight excluding hydrogens is 206 g/mol. The van der Waals surface area contributed by atoms with Gasteiger partial charge in [0.05, 0.1) is 17.2 Å². The Bertz CT molecular complexity index is 479. The summed E-state index contributed by atoms with van der Waals surface area (Å²) in [5.74, 6) is -1.40. The minimum Gasteiger partial charge on any atom is -0.478 e. The molecule has 0 bridgehead atoms. The second-order valence-electron chi connectivity index (χ2n) is 3.98. The van der Waals surface area contributed by atoms with Crippen LogP contribution in [0.5, 0.6) is 0 Å². The van der Waals surface area contributed by atoms with Crippen LogP contribution in [0.3, 0.4) is 0 Å². The monoisotopic (exact) mass is 219 g/mol. The lowest BCUT2D eigenvalue weighted by Crippen LogP contribution is -2.09. The quantitative estimate of drug-likeness (QED) is 0.799. The normalized spacial score (nSPS) is 18.1. The van der Waals surface area contributed by atoms with Crippen molar-refractivity contribution in [1.82, 2.24) is 0 Å². The Hall–Kier alpha value is -1.84. The second-order valence-corrected chi connectivity index (χ2v) is 3.98. The van der Waals surface area contributed by atoms with Crippen molar-refractivity contribution in [3.63, 3.8) is 0 Å². The van der Waals surface area contributed by atoms with Crippen LogP contribution in [0.2, 0.25) is 0 Å². The molecule has 1 atom stereocenters. The Morgan fingerprint density at radius 1 is 1.50 bits per heavy atom. The van der Waals surface area contributed by atoms with Gasteiger partial charge in [-0.15, -0.1) is 0 Å². The van der Waals surface area contributed by atoms with E-state index in [1.54, 1.807) is 13.0 Å². The summed E-state index contributed by atoms with van der Waals surface area (Å²) in [5, 5.41) is 11.7. The molecular formula is C12H13NO3. The Labute approximate surface area is 93.3 Å². The van der Waals surface area contributed by atoms with Gasteiger partial charge in [0.1, 0.15) is 0 Å². The van der Waals surface area contributed by atoms with E-state index in [2.05, 4.69) is 5.32 Å². The third-order valence-corrected chi connectivity index (χ3v) is 2.98. The average Bonchev–Trinajstić information content (AvgIpc) is 2.54. The van der Waals surface area contributed by atoms with Gasteiger partial charge in [-0.05, 0) is 30.5 Å². The number of hydrogen-bond donors (Lipinski definition) is 2. The van der Waals surface area contributed by atoms with Crippen molar-refractivity contribution in [1.29, 1.82) is 0 Å². The summed E-state index contributed by atoms with van der Waals surface area (Å²) in [4.78, 5) is 22.6. The second kappa shape index (κ2) is 3.63. The molecule has 0 aliphatic carbocycles. The highest BCUT2D eigenvalue weighted by Crippen LogP contribution is 2.36. The van der Waals surface area contributed by atoms with Crippen molar-refractivity contribution in [2.45, 2.75) is 26.2 Å². The Kier molecular flexibility index (Phi) is 2.42. The van der Waals surface area contributed by atoms with Crippen molar-refractivity contribution in [2.24, 2.45) is 0 Å². The number of carboxylic acids is 1. The van der Waals surface area contributed by atoms with Crippen LogP contribution in [-0.2, 0) is 11.2 Å². The van der Waals surface area contributed by atoms with Gasteiger partial charge in [-0.25, -0.2) is 4.79 Å². The first-order valence-electron chi connectivity index (χ1n) is 5.25. The fraction of sp³-hybridized carbons (Fsp3) is 0.333. The first-order chi connectivity index (χ1) is 7.54. The highest BCUT2D eigenvalue weighted by molar-refractivity contribution is 6.09. The van der Waals surface area contributed by atoms with E-state index in [1.807, 2.05) is 13.0 Å². The molecule has 84 valence electrons. The van der Waals surface area contributed by atoms with Gasteiger partial charge in [0.2, 0.25) is 5.91 Å². The lowest BCUT2D eigenvalue weighted by atomic mass is 9.96. The lowest BCUT2D eigenvalue weighted by molar-refractivity contribution is -0.116. The molecule has 2 rings (SSSR count). The molecule has 1 unspecified atom stereocenters. The van der Waals surface area contributed by atoms with Crippen molar-refractivity contribution in [3.05, 3.63) is 28.8 Å². The highest BCUT2D eigenvalue weighted by Gasteiger charge is 2.30. The maximum Gasteiger partial charge on any atom is 0.337 e. The number of amides is 1. The molecule has 0 saturated carbocycles. The molecule has 1 amide bonds. The van der Waals surface area contributed by atoms with E-state index in [0.29, 0.717) is 5.69 Å². The molecule has 4 nitrogen and oxygen atoms in total. The van der Waals surface area contributed by atoms with Crippen LogP contribution < -0.4 is 5.32 Å². The third kappa shape index (κ3) is 1.46. The van der Waals surface area contributed by atoms with Gasteiger partial charge in [0.25, 0.3) is 0 Å². The van der Waals surface area contributed by atoms with E-state index in [9.17, 15) is 9.59 Å². The number of hydrogen-bond acceptors (Lipinski definition) is 2. The Morgan fingerprint density at radius 2 is 2.19 bits per heavy atom. The number of aryl methyl sites for hydroxylation is 1. The summed E-state index contributed by atoms with van der Waals surface area (Å²) in [6.07, 6.45) is 0.758. The smallest absolute Gasteiger partial charge is 0.337 e. The van der Waals surface area contributed by atoms with Crippen LogP contribution in [0.25, 0.3) is 0 Å². The van der Waals surface area contributed by atoms with Gasteiger partial charge in [0, 0.05) is 0 Å². The molecule has 2 N–H and O–H groups in total. The molecule has 1 aromatic carbocycles. The third-order valence-electron chi connectivity index (χ3n) is 2.98. The summed E-state index contributed by atoms with van der Waals surface area (Å²) >= 11 is 0. The van der Waals surface area contributed by atoms with E-state index in [-0.39, 0.29) is 17.4 Å². The minimum absolute atomic E-state index is 0.134. The van der Waals surface area contributed by atoms with Crippen molar-refractivity contribution in [2.75, 3.05) is 5.32 Å². The maximum atomic E-state index is 11.5. The van der Waals surface area contributed by atoms with Gasteiger partial charge < -0.3 is 10.4 Å². The minimum atomic E-state index is -0.999. The molecule has 0 saturated heterocycles. The molecule has 16 heavy (non-hydrogen) atoms. The molecule has 1 heterocycles. The zero-order chi connectivity index (χ0) is 11.9. The van der Waals surface area contributed by atoms with Crippen LogP contribution >= 0.6 is 0 Å². The van der Waals surface area contributed by atoms with Gasteiger partial charge in [-0.3, -0.25) is 4.79 Å². The molecule has 1 aliphatic heterocycles. The van der Waals surface area contributed by atoms with E-state index < -0.39 is 5.97 Å². The number of anilines is 1. The summed E-state index contributed by atoms with van der Waals surface area (Å²) in [6.45, 7) is 3.74. The fourth-order valence-electron chi connectivity index (χ4n) is 1.95. The van der Waals surface area contributed by atoms with Crippen molar-refractivity contribution >= 4 is 17.6 Å². The van der Waals surface area contributed by atoms with E-state index in [1.165, 1.54) is 0 Å². The number of aromatic carboxylic acids is 1. The van der Waals surface area contributed by atoms with E-state index in [0.717, 1.165) is 17.5 Å². The first kappa shape index (κ1) is 10.7. The Morgan fingerprint density at radius 3 is 2.75 bits per heavy atom. The summed E-state index contributed by atoms with van der Waals surface area (Å²) in [5.41, 5.74) is 2.38. The van der Waals surface area contributed by atoms with Crippen molar-refractivity contribution in [3.8, 4) is 0 Å². The van der Waals surface area contributed by atoms with Crippen LogP contribution in [0.15, 0.2) is 12.1 Å². The molecule has 0 spiro atoms. The van der Waals surface area contributed by atoms with Crippen LogP contribution in [-0.4, -0.2) is 17.0 Å². The first-order valence-corrected chi connectivity index (χ1v) is 5.25. The molecule has 1 aromatic rings. The number of fused-ring (bicyclic) bond motifs is 1. The van der Waals surface area contributed by atoms with Crippen LogP contribution in [0.1, 0.15) is 41.3 Å². The van der Waals surface area contributed by atoms with Gasteiger partial charge >= 0.3 is 5.97 Å². The van der Waals surface area contributed by atoms with E-state index in [4.69, 9.17) is 5.11 Å². The van der Waals surface area contributed by atoms with Gasteiger partial charge in [0.15, 0.2) is 0 Å². The number of carboxylic acid groups (broad SMARTS) is 1. The fourth-order valence-corrected chi connectivity index (χ4v) is 1.95. The Balaban J connectivity index is 2.65. The summed E-state index contributed by atoms with van der Waals surface area (Å²) < 4.78 is 0. The average molecular weight is 219 g/mol.